The predicted molar refractivity (Wildman–Crippen MR) is 126 cm³/mol. The summed E-state index contributed by atoms with van der Waals surface area (Å²) in [6, 6.07) is 14.4. The zero-order valence-electron chi connectivity index (χ0n) is 18.2. The van der Waals surface area contributed by atoms with Crippen molar-refractivity contribution in [3.63, 3.8) is 0 Å². The molecule has 3 aromatic rings. The number of rotatable bonds is 7. The molecular formula is C23H24N2O5S2. The summed E-state index contributed by atoms with van der Waals surface area (Å²) < 4.78 is 32.1. The summed E-state index contributed by atoms with van der Waals surface area (Å²) in [7, 11) is -2.30. The number of anilines is 2. The molecule has 0 aliphatic rings. The van der Waals surface area contributed by atoms with E-state index in [-0.39, 0.29) is 17.1 Å². The summed E-state index contributed by atoms with van der Waals surface area (Å²) >= 11 is 1.29. The van der Waals surface area contributed by atoms with Gasteiger partial charge in [0.05, 0.1) is 22.8 Å². The normalized spacial score (nSPS) is 11.1. The van der Waals surface area contributed by atoms with Crippen LogP contribution in [0.3, 0.4) is 0 Å². The molecule has 1 aromatic heterocycles. The lowest BCUT2D eigenvalue weighted by Crippen LogP contribution is -2.26. The molecule has 32 heavy (non-hydrogen) atoms. The molecule has 0 spiro atoms. The van der Waals surface area contributed by atoms with E-state index in [1.54, 1.807) is 44.2 Å². The van der Waals surface area contributed by atoms with Gasteiger partial charge in [-0.05, 0) is 62.7 Å². The van der Waals surface area contributed by atoms with Crippen LogP contribution in [0.5, 0.6) is 0 Å². The van der Waals surface area contributed by atoms with Crippen LogP contribution in [0.2, 0.25) is 0 Å². The average molecular weight is 473 g/mol. The second-order valence-electron chi connectivity index (χ2n) is 6.99. The number of benzene rings is 2. The summed E-state index contributed by atoms with van der Waals surface area (Å²) in [5.41, 5.74) is 1.90. The van der Waals surface area contributed by atoms with Crippen molar-refractivity contribution >= 4 is 43.9 Å². The molecule has 0 atom stereocenters. The van der Waals surface area contributed by atoms with Crippen molar-refractivity contribution in [1.82, 2.24) is 0 Å². The van der Waals surface area contributed by atoms with Crippen LogP contribution < -0.4 is 9.62 Å². The van der Waals surface area contributed by atoms with Gasteiger partial charge in [-0.2, -0.15) is 0 Å². The minimum absolute atomic E-state index is 0.0652. The van der Waals surface area contributed by atoms with E-state index in [4.69, 9.17) is 4.74 Å². The third kappa shape index (κ3) is 4.68. The number of thiophene rings is 1. The van der Waals surface area contributed by atoms with Crippen molar-refractivity contribution in [3.8, 4) is 0 Å². The minimum atomic E-state index is -3.78. The van der Waals surface area contributed by atoms with Crippen LogP contribution in [-0.2, 0) is 14.8 Å². The highest BCUT2D eigenvalue weighted by molar-refractivity contribution is 7.92. The van der Waals surface area contributed by atoms with Gasteiger partial charge in [0.1, 0.15) is 5.00 Å². The van der Waals surface area contributed by atoms with Crippen LogP contribution in [0.25, 0.3) is 0 Å². The van der Waals surface area contributed by atoms with Crippen molar-refractivity contribution in [3.05, 3.63) is 76.2 Å². The maximum atomic E-state index is 12.9. The number of nitrogens with zero attached hydrogens (tertiary/aromatic N) is 1. The lowest BCUT2D eigenvalue weighted by molar-refractivity contribution is 0.0527. The van der Waals surface area contributed by atoms with Gasteiger partial charge in [0, 0.05) is 17.5 Å². The lowest BCUT2D eigenvalue weighted by Gasteiger charge is -2.19. The predicted octanol–water partition coefficient (Wildman–Crippen LogP) is 4.62. The fourth-order valence-electron chi connectivity index (χ4n) is 3.05. The molecule has 1 N–H and O–H groups in total. The smallest absolute Gasteiger partial charge is 0.341 e. The fraction of sp³-hybridized carbons (Fsp3) is 0.217. The van der Waals surface area contributed by atoms with Crippen molar-refractivity contribution in [2.75, 3.05) is 23.3 Å². The van der Waals surface area contributed by atoms with E-state index >= 15 is 0 Å². The van der Waals surface area contributed by atoms with E-state index < -0.39 is 21.9 Å². The van der Waals surface area contributed by atoms with Crippen molar-refractivity contribution in [1.29, 1.82) is 0 Å². The highest BCUT2D eigenvalue weighted by atomic mass is 32.2. The van der Waals surface area contributed by atoms with Gasteiger partial charge in [0.15, 0.2) is 0 Å². The van der Waals surface area contributed by atoms with Gasteiger partial charge in [-0.25, -0.2) is 13.2 Å². The van der Waals surface area contributed by atoms with E-state index in [9.17, 15) is 18.0 Å². The number of carbonyl (C=O) groups is 2. The Kier molecular flexibility index (Phi) is 7.00. The molecule has 0 unspecified atom stereocenters. The average Bonchev–Trinajstić information content (AvgIpc) is 3.06. The third-order valence-electron chi connectivity index (χ3n) is 4.99. The second kappa shape index (κ2) is 9.54. The molecule has 168 valence electrons. The fourth-order valence-corrected chi connectivity index (χ4v) is 5.29. The van der Waals surface area contributed by atoms with E-state index in [1.165, 1.54) is 47.0 Å². The molecule has 0 fully saturated rings. The van der Waals surface area contributed by atoms with Gasteiger partial charge in [-0.3, -0.25) is 9.10 Å². The number of esters is 1. The van der Waals surface area contributed by atoms with Crippen LogP contribution in [-0.4, -0.2) is 33.9 Å². The number of hydrogen-bond acceptors (Lipinski definition) is 6. The van der Waals surface area contributed by atoms with Gasteiger partial charge in [0.2, 0.25) is 0 Å². The highest BCUT2D eigenvalue weighted by Gasteiger charge is 2.24. The molecule has 1 heterocycles. The molecule has 1 amide bonds. The van der Waals surface area contributed by atoms with E-state index in [0.717, 1.165) is 10.4 Å². The van der Waals surface area contributed by atoms with Crippen molar-refractivity contribution in [2.45, 2.75) is 25.7 Å². The monoisotopic (exact) mass is 472 g/mol. The number of nitrogens with one attached hydrogen (secondary N) is 1. The van der Waals surface area contributed by atoms with E-state index in [1.807, 2.05) is 6.92 Å². The van der Waals surface area contributed by atoms with Gasteiger partial charge in [0.25, 0.3) is 15.9 Å². The van der Waals surface area contributed by atoms with Crippen LogP contribution in [0, 0.1) is 13.8 Å². The largest absolute Gasteiger partial charge is 0.462 e. The standard InChI is InChI=1S/C23H24N2O5S2/c1-5-30-23(27)20-15(2)16(3)31-22(20)24-21(26)17-11-13-19(14-12-17)32(28,29)25(4)18-9-7-6-8-10-18/h6-14H,5H2,1-4H3,(H,24,26). The quantitative estimate of drug-likeness (QED) is 0.507. The number of aryl methyl sites for hydroxylation is 1. The van der Waals surface area contributed by atoms with E-state index in [2.05, 4.69) is 5.32 Å². The van der Waals surface area contributed by atoms with Crippen LogP contribution >= 0.6 is 11.3 Å². The Morgan fingerprint density at radius 2 is 1.66 bits per heavy atom. The number of para-hydroxylation sites is 1. The Hall–Kier alpha value is -3.17. The summed E-state index contributed by atoms with van der Waals surface area (Å²) in [5.74, 6) is -0.938. The van der Waals surface area contributed by atoms with Gasteiger partial charge in [-0.1, -0.05) is 18.2 Å². The summed E-state index contributed by atoms with van der Waals surface area (Å²) in [6.45, 7) is 5.61. The first-order valence-electron chi connectivity index (χ1n) is 9.89. The Bertz CT molecular complexity index is 1230. The first-order chi connectivity index (χ1) is 15.2. The molecule has 0 aliphatic heterocycles. The number of ether oxygens (including phenoxy) is 1. The molecule has 9 heteroatoms. The Balaban J connectivity index is 1.82. The van der Waals surface area contributed by atoms with Gasteiger partial charge >= 0.3 is 5.97 Å². The summed E-state index contributed by atoms with van der Waals surface area (Å²) in [6.07, 6.45) is 0. The Labute approximate surface area is 191 Å². The molecule has 0 saturated carbocycles. The van der Waals surface area contributed by atoms with Crippen molar-refractivity contribution in [2.24, 2.45) is 0 Å². The molecule has 2 aromatic carbocycles. The SMILES string of the molecule is CCOC(=O)c1c(NC(=O)c2ccc(S(=O)(=O)N(C)c3ccccc3)cc2)sc(C)c1C. The van der Waals surface area contributed by atoms with Gasteiger partial charge in [-0.15, -0.1) is 11.3 Å². The highest BCUT2D eigenvalue weighted by Crippen LogP contribution is 2.33. The second-order valence-corrected chi connectivity index (χ2v) is 10.2. The third-order valence-corrected chi connectivity index (χ3v) is 7.91. The van der Waals surface area contributed by atoms with Crippen molar-refractivity contribution < 1.29 is 22.7 Å². The maximum Gasteiger partial charge on any atom is 0.341 e. The maximum absolute atomic E-state index is 12.9. The van der Waals surface area contributed by atoms with Gasteiger partial charge < -0.3 is 10.1 Å². The number of sulfonamides is 1. The molecule has 0 saturated heterocycles. The van der Waals surface area contributed by atoms with Crippen LogP contribution in [0.15, 0.2) is 59.5 Å². The first kappa shape index (κ1) is 23.5. The molecule has 0 aliphatic carbocycles. The number of amides is 1. The minimum Gasteiger partial charge on any atom is -0.462 e. The Morgan fingerprint density at radius 1 is 1.03 bits per heavy atom. The number of carbonyl (C=O) groups excluding carboxylic acids is 2. The lowest BCUT2D eigenvalue weighted by atomic mass is 10.1. The molecule has 0 radical (unpaired) electrons. The summed E-state index contributed by atoms with van der Waals surface area (Å²) in [4.78, 5) is 26.0. The zero-order valence-corrected chi connectivity index (χ0v) is 19.8. The Morgan fingerprint density at radius 3 is 2.25 bits per heavy atom. The van der Waals surface area contributed by atoms with E-state index in [0.29, 0.717) is 16.3 Å². The molecule has 7 nitrogen and oxygen atoms in total. The number of hydrogen-bond donors (Lipinski definition) is 1. The van der Waals surface area contributed by atoms with Crippen LogP contribution in [0.1, 0.15) is 38.1 Å². The zero-order chi connectivity index (χ0) is 23.5. The first-order valence-corrected chi connectivity index (χ1v) is 12.1. The molecule has 0 bridgehead atoms. The topological polar surface area (TPSA) is 92.8 Å². The summed E-state index contributed by atoms with van der Waals surface area (Å²) in [5, 5.41) is 3.16. The van der Waals surface area contributed by atoms with Crippen LogP contribution in [0.4, 0.5) is 10.7 Å². The molecular weight excluding hydrogens is 448 g/mol. The molecule has 3 rings (SSSR count).